The first-order valence-electron chi connectivity index (χ1n) is 10.0. The molecule has 0 fully saturated rings. The summed E-state index contributed by atoms with van der Waals surface area (Å²) < 4.78 is 49.8. The van der Waals surface area contributed by atoms with Crippen molar-refractivity contribution >= 4 is 28.4 Å². The number of aromatic nitrogens is 3. The van der Waals surface area contributed by atoms with Gasteiger partial charge in [-0.1, -0.05) is 6.07 Å². The normalized spacial score (nSPS) is 15.1. The van der Waals surface area contributed by atoms with Gasteiger partial charge in [-0.15, -0.1) is 0 Å². The standard InChI is InChI=1S/C23H18F3N5O2/c1-32-17-3-2-4-18-21(17)16(12-33-18)30-20-8-5-13-11-14(6-7-15(13)29-20)28-22-27-10-9-19(31-22)23(24,25)26/h2-11,16H,12H2,1H3,(H,29,30)(H,27,28,31). The van der Waals surface area contributed by atoms with Gasteiger partial charge in [-0.2, -0.15) is 13.2 Å². The predicted octanol–water partition coefficient (Wildman–Crippen LogP) is 5.34. The first kappa shape index (κ1) is 20.8. The number of fused-ring (bicyclic) bond motifs is 2. The highest BCUT2D eigenvalue weighted by Gasteiger charge is 2.33. The van der Waals surface area contributed by atoms with Gasteiger partial charge in [0.15, 0.2) is 0 Å². The van der Waals surface area contributed by atoms with Gasteiger partial charge in [0.2, 0.25) is 5.95 Å². The average molecular weight is 453 g/mol. The lowest BCUT2D eigenvalue weighted by molar-refractivity contribution is -0.141. The van der Waals surface area contributed by atoms with Crippen LogP contribution in [0, 0.1) is 0 Å². The van der Waals surface area contributed by atoms with Gasteiger partial charge in [-0.25, -0.2) is 15.0 Å². The van der Waals surface area contributed by atoms with E-state index in [1.165, 1.54) is 0 Å². The van der Waals surface area contributed by atoms with Crippen molar-refractivity contribution in [2.24, 2.45) is 0 Å². The van der Waals surface area contributed by atoms with Crippen LogP contribution in [-0.2, 0) is 6.18 Å². The van der Waals surface area contributed by atoms with Crippen molar-refractivity contribution in [2.45, 2.75) is 12.2 Å². The number of halogens is 3. The second-order valence-corrected chi connectivity index (χ2v) is 7.37. The van der Waals surface area contributed by atoms with E-state index in [4.69, 9.17) is 9.47 Å². The summed E-state index contributed by atoms with van der Waals surface area (Å²) in [7, 11) is 1.62. The third-order valence-electron chi connectivity index (χ3n) is 5.21. The lowest BCUT2D eigenvalue weighted by Crippen LogP contribution is -2.13. The van der Waals surface area contributed by atoms with Crippen molar-refractivity contribution in [3.8, 4) is 11.5 Å². The van der Waals surface area contributed by atoms with Crippen molar-refractivity contribution in [1.82, 2.24) is 15.0 Å². The Labute approximate surface area is 186 Å². The Hall–Kier alpha value is -4.08. The van der Waals surface area contributed by atoms with Crippen LogP contribution in [0.1, 0.15) is 17.3 Å². The summed E-state index contributed by atoms with van der Waals surface area (Å²) in [5.74, 6) is 2.05. The first-order valence-corrected chi connectivity index (χ1v) is 10.0. The fourth-order valence-corrected chi connectivity index (χ4v) is 3.71. The van der Waals surface area contributed by atoms with E-state index in [0.29, 0.717) is 18.1 Å². The van der Waals surface area contributed by atoms with E-state index in [-0.39, 0.29) is 12.0 Å². The summed E-state index contributed by atoms with van der Waals surface area (Å²) in [5.41, 5.74) is 1.21. The summed E-state index contributed by atoms with van der Waals surface area (Å²) >= 11 is 0. The molecule has 0 saturated heterocycles. The summed E-state index contributed by atoms with van der Waals surface area (Å²) in [6.45, 7) is 0.454. The Kier molecular flexibility index (Phi) is 5.12. The number of alkyl halides is 3. The minimum absolute atomic E-state index is 0.111. The summed E-state index contributed by atoms with van der Waals surface area (Å²) in [4.78, 5) is 12.0. The number of hydrogen-bond donors (Lipinski definition) is 2. The SMILES string of the molecule is COc1cccc2c1C(Nc1ccc3cc(Nc4nccc(C(F)(F)F)n4)ccc3n1)CO2. The summed E-state index contributed by atoms with van der Waals surface area (Å²) in [6, 6.07) is 15.3. The van der Waals surface area contributed by atoms with Crippen LogP contribution in [0.2, 0.25) is 0 Å². The molecule has 3 heterocycles. The molecule has 10 heteroatoms. The molecular weight excluding hydrogens is 435 g/mol. The zero-order chi connectivity index (χ0) is 23.0. The molecule has 1 atom stereocenters. The Morgan fingerprint density at radius 1 is 1.06 bits per heavy atom. The lowest BCUT2D eigenvalue weighted by atomic mass is 10.1. The number of rotatable bonds is 5. The highest BCUT2D eigenvalue weighted by molar-refractivity contribution is 5.84. The fraction of sp³-hybridized carbons (Fsp3) is 0.174. The molecule has 168 valence electrons. The van der Waals surface area contributed by atoms with Gasteiger partial charge < -0.3 is 20.1 Å². The minimum Gasteiger partial charge on any atom is -0.496 e. The maximum atomic E-state index is 12.9. The van der Waals surface area contributed by atoms with Gasteiger partial charge in [0.05, 0.1) is 24.2 Å². The third kappa shape index (κ3) is 4.19. The molecule has 2 N–H and O–H groups in total. The van der Waals surface area contributed by atoms with Crippen LogP contribution in [0.4, 0.5) is 30.6 Å². The molecule has 1 unspecified atom stereocenters. The Morgan fingerprint density at radius 2 is 1.94 bits per heavy atom. The number of nitrogens with one attached hydrogen (secondary N) is 2. The van der Waals surface area contributed by atoms with Crippen LogP contribution >= 0.6 is 0 Å². The van der Waals surface area contributed by atoms with Crippen molar-refractivity contribution in [3.05, 3.63) is 72.1 Å². The lowest BCUT2D eigenvalue weighted by Gasteiger charge is -2.15. The molecule has 2 aromatic heterocycles. The molecule has 0 spiro atoms. The highest BCUT2D eigenvalue weighted by atomic mass is 19.4. The average Bonchev–Trinajstić information content (AvgIpc) is 3.22. The second-order valence-electron chi connectivity index (χ2n) is 7.37. The number of nitrogens with zero attached hydrogens (tertiary/aromatic N) is 3. The molecule has 4 aromatic rings. The molecule has 0 bridgehead atoms. The summed E-state index contributed by atoms with van der Waals surface area (Å²) in [6.07, 6.45) is -3.47. The number of hydrogen-bond acceptors (Lipinski definition) is 7. The molecule has 1 aliphatic rings. The molecule has 1 aliphatic heterocycles. The zero-order valence-corrected chi connectivity index (χ0v) is 17.3. The van der Waals surface area contributed by atoms with Gasteiger partial charge >= 0.3 is 6.18 Å². The van der Waals surface area contributed by atoms with Crippen LogP contribution in [0.25, 0.3) is 10.9 Å². The van der Waals surface area contributed by atoms with Gasteiger partial charge in [-0.3, -0.25) is 0 Å². The van der Waals surface area contributed by atoms with Gasteiger partial charge in [0, 0.05) is 17.3 Å². The minimum atomic E-state index is -4.54. The fourth-order valence-electron chi connectivity index (χ4n) is 3.71. The van der Waals surface area contributed by atoms with E-state index in [1.54, 1.807) is 25.3 Å². The molecule has 33 heavy (non-hydrogen) atoms. The molecule has 0 aliphatic carbocycles. The van der Waals surface area contributed by atoms with Crippen LogP contribution in [0.5, 0.6) is 11.5 Å². The van der Waals surface area contributed by atoms with Crippen molar-refractivity contribution < 1.29 is 22.6 Å². The van der Waals surface area contributed by atoms with Crippen LogP contribution in [0.3, 0.4) is 0 Å². The molecule has 0 radical (unpaired) electrons. The largest absolute Gasteiger partial charge is 0.496 e. The quantitative estimate of drug-likeness (QED) is 0.422. The Bertz CT molecular complexity index is 1330. The third-order valence-corrected chi connectivity index (χ3v) is 5.21. The maximum Gasteiger partial charge on any atom is 0.433 e. The smallest absolute Gasteiger partial charge is 0.433 e. The molecular formula is C23H18F3N5O2. The molecule has 7 nitrogen and oxygen atoms in total. The van der Waals surface area contributed by atoms with Crippen LogP contribution < -0.4 is 20.1 Å². The van der Waals surface area contributed by atoms with Gasteiger partial charge in [0.1, 0.15) is 29.6 Å². The van der Waals surface area contributed by atoms with Crippen LogP contribution in [-0.4, -0.2) is 28.7 Å². The monoisotopic (exact) mass is 453 g/mol. The number of benzene rings is 2. The number of pyridine rings is 1. The highest BCUT2D eigenvalue weighted by Crippen LogP contribution is 2.40. The summed E-state index contributed by atoms with van der Waals surface area (Å²) in [5, 5.41) is 6.99. The second kappa shape index (κ2) is 8.12. The maximum absolute atomic E-state index is 12.9. The molecule has 0 saturated carbocycles. The topological polar surface area (TPSA) is 81.2 Å². The zero-order valence-electron chi connectivity index (χ0n) is 17.3. The van der Waals surface area contributed by atoms with Crippen molar-refractivity contribution in [2.75, 3.05) is 24.4 Å². The molecule has 0 amide bonds. The first-order chi connectivity index (χ1) is 15.9. The van der Waals surface area contributed by atoms with Gasteiger partial charge in [0.25, 0.3) is 0 Å². The van der Waals surface area contributed by atoms with Crippen LogP contribution in [0.15, 0.2) is 60.8 Å². The van der Waals surface area contributed by atoms with E-state index in [9.17, 15) is 13.2 Å². The van der Waals surface area contributed by atoms with Crippen molar-refractivity contribution in [1.29, 1.82) is 0 Å². The number of ether oxygens (including phenoxy) is 2. The Balaban J connectivity index is 1.36. The predicted molar refractivity (Wildman–Crippen MR) is 117 cm³/mol. The van der Waals surface area contributed by atoms with Gasteiger partial charge in [-0.05, 0) is 48.5 Å². The van der Waals surface area contributed by atoms with E-state index < -0.39 is 11.9 Å². The van der Waals surface area contributed by atoms with E-state index in [0.717, 1.165) is 40.2 Å². The van der Waals surface area contributed by atoms with E-state index in [2.05, 4.69) is 25.6 Å². The van der Waals surface area contributed by atoms with Crippen molar-refractivity contribution in [3.63, 3.8) is 0 Å². The number of anilines is 3. The number of methoxy groups -OCH3 is 1. The van der Waals surface area contributed by atoms with E-state index in [1.807, 2.05) is 30.3 Å². The van der Waals surface area contributed by atoms with E-state index >= 15 is 0 Å². The Morgan fingerprint density at radius 3 is 2.76 bits per heavy atom. The molecule has 5 rings (SSSR count). The molecule has 2 aromatic carbocycles.